The summed E-state index contributed by atoms with van der Waals surface area (Å²) in [6.07, 6.45) is 2.35. The van der Waals surface area contributed by atoms with Crippen molar-refractivity contribution >= 4 is 17.4 Å². The predicted molar refractivity (Wildman–Crippen MR) is 70.1 cm³/mol. The van der Waals surface area contributed by atoms with Crippen molar-refractivity contribution in [2.45, 2.75) is 18.9 Å². The summed E-state index contributed by atoms with van der Waals surface area (Å²) in [5, 5.41) is 9.56. The van der Waals surface area contributed by atoms with Gasteiger partial charge in [0, 0.05) is 25.2 Å². The lowest BCUT2D eigenvalue weighted by atomic mass is 10.1. The van der Waals surface area contributed by atoms with Crippen molar-refractivity contribution < 1.29 is 9.90 Å². The molecular formula is C13H15N3O3. The lowest BCUT2D eigenvalue weighted by Crippen LogP contribution is -2.36. The number of nitrogens with one attached hydrogen (secondary N) is 1. The number of phenols is 1. The molecule has 3 rings (SSSR count). The van der Waals surface area contributed by atoms with E-state index in [1.54, 1.807) is 27.7 Å². The molecule has 1 aliphatic heterocycles. The van der Waals surface area contributed by atoms with Crippen molar-refractivity contribution in [2.75, 3.05) is 13.1 Å². The fourth-order valence-electron chi connectivity index (χ4n) is 2.72. The zero-order valence-electron chi connectivity index (χ0n) is 10.4. The molecule has 19 heavy (non-hydrogen) atoms. The molecular weight excluding hydrogens is 246 g/mol. The van der Waals surface area contributed by atoms with Gasteiger partial charge in [0.2, 0.25) is 6.41 Å². The molecule has 1 saturated heterocycles. The normalized spacial score (nSPS) is 16.9. The number of H-pyrrole nitrogens is 1. The van der Waals surface area contributed by atoms with Gasteiger partial charge in [-0.05, 0) is 25.0 Å². The Morgan fingerprint density at radius 3 is 2.74 bits per heavy atom. The summed E-state index contributed by atoms with van der Waals surface area (Å²) in [6, 6.07) is 4.92. The number of imidazole rings is 1. The number of benzene rings is 1. The van der Waals surface area contributed by atoms with E-state index in [1.807, 2.05) is 0 Å². The first-order chi connectivity index (χ1) is 9.19. The number of piperidine rings is 1. The quantitative estimate of drug-likeness (QED) is 0.786. The number of amides is 1. The van der Waals surface area contributed by atoms with Crippen molar-refractivity contribution in [3.63, 3.8) is 0 Å². The molecule has 0 radical (unpaired) electrons. The number of hydrogen-bond acceptors (Lipinski definition) is 3. The van der Waals surface area contributed by atoms with Gasteiger partial charge < -0.3 is 15.0 Å². The maximum atomic E-state index is 12.0. The fourth-order valence-corrected chi connectivity index (χ4v) is 2.72. The van der Waals surface area contributed by atoms with Crippen LogP contribution in [0.4, 0.5) is 0 Å². The summed E-state index contributed by atoms with van der Waals surface area (Å²) in [7, 11) is 0. The predicted octanol–water partition coefficient (Wildman–Crippen LogP) is 0.828. The maximum Gasteiger partial charge on any atom is 0.326 e. The number of nitrogens with zero attached hydrogens (tertiary/aromatic N) is 2. The van der Waals surface area contributed by atoms with Gasteiger partial charge in [-0.3, -0.25) is 9.36 Å². The van der Waals surface area contributed by atoms with Crippen molar-refractivity contribution in [3.05, 3.63) is 28.7 Å². The number of fused-ring (bicyclic) bond motifs is 1. The lowest BCUT2D eigenvalue weighted by molar-refractivity contribution is -0.119. The first kappa shape index (κ1) is 11.8. The summed E-state index contributed by atoms with van der Waals surface area (Å²) in [4.78, 5) is 27.2. The first-order valence-electron chi connectivity index (χ1n) is 6.31. The van der Waals surface area contributed by atoms with Crippen LogP contribution >= 0.6 is 0 Å². The molecule has 0 atom stereocenters. The molecule has 0 bridgehead atoms. The van der Waals surface area contributed by atoms with E-state index in [-0.39, 0.29) is 17.5 Å². The molecule has 0 unspecified atom stereocenters. The van der Waals surface area contributed by atoms with E-state index < -0.39 is 0 Å². The molecule has 2 N–H and O–H groups in total. The Morgan fingerprint density at radius 1 is 1.32 bits per heavy atom. The van der Waals surface area contributed by atoms with Crippen LogP contribution in [0.25, 0.3) is 11.0 Å². The molecule has 0 saturated carbocycles. The number of aromatic nitrogens is 2. The second-order valence-electron chi connectivity index (χ2n) is 4.87. The van der Waals surface area contributed by atoms with Crippen LogP contribution in [0, 0.1) is 0 Å². The summed E-state index contributed by atoms with van der Waals surface area (Å²) < 4.78 is 1.69. The minimum Gasteiger partial charge on any atom is -0.508 e. The molecule has 0 aliphatic carbocycles. The number of rotatable bonds is 2. The molecule has 0 spiro atoms. The Morgan fingerprint density at radius 2 is 2.05 bits per heavy atom. The van der Waals surface area contributed by atoms with Gasteiger partial charge in [0.1, 0.15) is 5.75 Å². The number of hydrogen-bond donors (Lipinski definition) is 2. The van der Waals surface area contributed by atoms with Gasteiger partial charge >= 0.3 is 5.69 Å². The Hall–Kier alpha value is -2.24. The minimum absolute atomic E-state index is 0.0687. The zero-order chi connectivity index (χ0) is 13.4. The van der Waals surface area contributed by atoms with Gasteiger partial charge in [-0.2, -0.15) is 0 Å². The molecule has 1 amide bonds. The summed E-state index contributed by atoms with van der Waals surface area (Å²) in [5.74, 6) is 0.144. The van der Waals surface area contributed by atoms with Gasteiger partial charge in [0.05, 0.1) is 11.0 Å². The van der Waals surface area contributed by atoms with E-state index >= 15 is 0 Å². The van der Waals surface area contributed by atoms with Gasteiger partial charge in [-0.25, -0.2) is 4.79 Å². The molecule has 100 valence electrons. The smallest absolute Gasteiger partial charge is 0.326 e. The number of carbonyl (C=O) groups excluding carboxylic acids is 1. The van der Waals surface area contributed by atoms with Crippen LogP contribution in [-0.2, 0) is 4.79 Å². The average Bonchev–Trinajstić information content (AvgIpc) is 2.74. The fraction of sp³-hybridized carbons (Fsp3) is 0.385. The van der Waals surface area contributed by atoms with Crippen LogP contribution < -0.4 is 5.69 Å². The van der Waals surface area contributed by atoms with Crippen LogP contribution in [-0.4, -0.2) is 39.1 Å². The van der Waals surface area contributed by atoms with Crippen molar-refractivity contribution in [3.8, 4) is 5.75 Å². The second kappa shape index (κ2) is 4.46. The van der Waals surface area contributed by atoms with E-state index in [9.17, 15) is 14.7 Å². The Balaban J connectivity index is 2.01. The molecule has 1 aliphatic rings. The summed E-state index contributed by atoms with van der Waals surface area (Å²) in [6.45, 7) is 1.32. The SMILES string of the molecule is O=CN1CCC(n2c(=O)[nH]c3ccc(O)cc32)CC1. The molecule has 6 heteroatoms. The third-order valence-corrected chi connectivity index (χ3v) is 3.71. The second-order valence-corrected chi connectivity index (χ2v) is 4.87. The summed E-state index contributed by atoms with van der Waals surface area (Å²) >= 11 is 0. The van der Waals surface area contributed by atoms with Gasteiger partial charge in [-0.15, -0.1) is 0 Å². The number of carbonyl (C=O) groups is 1. The molecule has 1 fully saturated rings. The van der Waals surface area contributed by atoms with Crippen molar-refractivity contribution in [2.24, 2.45) is 0 Å². The van der Waals surface area contributed by atoms with Crippen molar-refractivity contribution in [1.82, 2.24) is 14.5 Å². The number of likely N-dealkylation sites (tertiary alicyclic amines) is 1. The van der Waals surface area contributed by atoms with Crippen LogP contribution in [0.3, 0.4) is 0 Å². The zero-order valence-corrected chi connectivity index (χ0v) is 10.4. The van der Waals surface area contributed by atoms with Crippen molar-refractivity contribution in [1.29, 1.82) is 0 Å². The Labute approximate surface area is 109 Å². The topological polar surface area (TPSA) is 78.3 Å². The molecule has 1 aromatic heterocycles. The molecule has 2 heterocycles. The highest BCUT2D eigenvalue weighted by atomic mass is 16.3. The largest absolute Gasteiger partial charge is 0.508 e. The number of aromatic hydroxyl groups is 1. The average molecular weight is 261 g/mol. The van der Waals surface area contributed by atoms with E-state index in [0.717, 1.165) is 30.3 Å². The third kappa shape index (κ3) is 1.99. The summed E-state index contributed by atoms with van der Waals surface area (Å²) in [5.41, 5.74) is 1.28. The van der Waals surface area contributed by atoms with Gasteiger partial charge in [0.15, 0.2) is 0 Å². The highest BCUT2D eigenvalue weighted by Gasteiger charge is 2.22. The Kier molecular flexibility index (Phi) is 2.77. The monoisotopic (exact) mass is 261 g/mol. The lowest BCUT2D eigenvalue weighted by Gasteiger charge is -2.29. The third-order valence-electron chi connectivity index (χ3n) is 3.71. The van der Waals surface area contributed by atoms with Crippen LogP contribution in [0.1, 0.15) is 18.9 Å². The van der Waals surface area contributed by atoms with Crippen LogP contribution in [0.2, 0.25) is 0 Å². The Bertz CT molecular complexity index is 665. The van der Waals surface area contributed by atoms with E-state index in [2.05, 4.69) is 4.98 Å². The maximum absolute atomic E-state index is 12.0. The number of aromatic amines is 1. The van der Waals surface area contributed by atoms with E-state index in [0.29, 0.717) is 13.1 Å². The minimum atomic E-state index is -0.162. The highest BCUT2D eigenvalue weighted by molar-refractivity contribution is 5.77. The molecule has 2 aromatic rings. The van der Waals surface area contributed by atoms with E-state index in [4.69, 9.17) is 0 Å². The van der Waals surface area contributed by atoms with E-state index in [1.165, 1.54) is 0 Å². The van der Waals surface area contributed by atoms with Crippen LogP contribution in [0.15, 0.2) is 23.0 Å². The van der Waals surface area contributed by atoms with Gasteiger partial charge in [-0.1, -0.05) is 0 Å². The standard InChI is InChI=1S/C13H15N3O3/c17-8-15-5-3-9(4-6-15)16-12-7-10(18)1-2-11(12)14-13(16)19/h1-2,7-9,18H,3-6H2,(H,14,19). The molecule has 6 nitrogen and oxygen atoms in total. The van der Waals surface area contributed by atoms with Gasteiger partial charge in [0.25, 0.3) is 0 Å². The molecule has 1 aromatic carbocycles. The first-order valence-corrected chi connectivity index (χ1v) is 6.31. The number of phenolic OH excluding ortho intramolecular Hbond substituents is 1. The highest BCUT2D eigenvalue weighted by Crippen LogP contribution is 2.26. The van der Waals surface area contributed by atoms with Crippen LogP contribution in [0.5, 0.6) is 5.75 Å².